The summed E-state index contributed by atoms with van der Waals surface area (Å²) < 4.78 is 0. The summed E-state index contributed by atoms with van der Waals surface area (Å²) in [7, 11) is 0. The average molecular weight is 343 g/mol. The lowest BCUT2D eigenvalue weighted by molar-refractivity contribution is -0.146. The fraction of sp³-hybridized carbons (Fsp3) is 0.133. The van der Waals surface area contributed by atoms with Gasteiger partial charge in [-0.25, -0.2) is 9.79 Å². The minimum absolute atomic E-state index is 0.0533. The summed E-state index contributed by atoms with van der Waals surface area (Å²) in [6.07, 6.45) is 2.87. The van der Waals surface area contributed by atoms with Gasteiger partial charge in [0.25, 0.3) is 0 Å². The number of dihydropyridines is 1. The van der Waals surface area contributed by atoms with Crippen LogP contribution in [0.25, 0.3) is 0 Å². The molecule has 0 radical (unpaired) electrons. The number of aromatic nitrogens is 3. The summed E-state index contributed by atoms with van der Waals surface area (Å²) in [6.45, 7) is 0. The standard InChI is InChI=1S/C15H11ClN6O2/c16-12-10(9-17)8-15(14(23)24,22-18-6-7-19-22)13(21-12)20-11-4-2-1-3-5-11/h1-8,13,20H,(H,23,24). The third-order valence-corrected chi connectivity index (χ3v) is 3.84. The molecule has 9 heteroatoms. The van der Waals surface area contributed by atoms with Crippen molar-refractivity contribution in [1.82, 2.24) is 15.0 Å². The Hall–Kier alpha value is -3.18. The Morgan fingerprint density at radius 2 is 2.00 bits per heavy atom. The predicted octanol–water partition coefficient (Wildman–Crippen LogP) is 1.60. The van der Waals surface area contributed by atoms with Crippen molar-refractivity contribution in [3.63, 3.8) is 0 Å². The minimum Gasteiger partial charge on any atom is -0.479 e. The minimum atomic E-state index is -1.83. The number of aliphatic carboxylic acids is 1. The highest BCUT2D eigenvalue weighted by atomic mass is 35.5. The van der Waals surface area contributed by atoms with E-state index in [4.69, 9.17) is 11.6 Å². The van der Waals surface area contributed by atoms with Gasteiger partial charge in [-0.2, -0.15) is 20.3 Å². The molecule has 2 heterocycles. The molecule has 2 unspecified atom stereocenters. The van der Waals surface area contributed by atoms with Crippen LogP contribution in [0.4, 0.5) is 5.69 Å². The van der Waals surface area contributed by atoms with Crippen molar-refractivity contribution in [2.24, 2.45) is 4.99 Å². The van der Waals surface area contributed by atoms with E-state index in [2.05, 4.69) is 20.5 Å². The Balaban J connectivity index is 2.15. The molecule has 8 nitrogen and oxygen atoms in total. The number of halogens is 1. The molecule has 120 valence electrons. The van der Waals surface area contributed by atoms with Crippen molar-refractivity contribution >= 4 is 28.4 Å². The summed E-state index contributed by atoms with van der Waals surface area (Å²) in [5.41, 5.74) is -1.24. The van der Waals surface area contributed by atoms with E-state index in [1.807, 2.05) is 12.1 Å². The molecule has 0 saturated heterocycles. The number of hydrogen-bond acceptors (Lipinski definition) is 6. The maximum atomic E-state index is 12.1. The van der Waals surface area contributed by atoms with E-state index in [0.29, 0.717) is 5.69 Å². The number of nitrogens with zero attached hydrogens (tertiary/aromatic N) is 5. The molecule has 2 aromatic rings. The van der Waals surface area contributed by atoms with E-state index in [0.717, 1.165) is 4.80 Å². The van der Waals surface area contributed by atoms with Gasteiger partial charge >= 0.3 is 5.97 Å². The van der Waals surface area contributed by atoms with Crippen LogP contribution in [0.5, 0.6) is 0 Å². The molecule has 0 bridgehead atoms. The smallest absolute Gasteiger partial charge is 0.341 e. The predicted molar refractivity (Wildman–Crippen MR) is 86.5 cm³/mol. The fourth-order valence-electron chi connectivity index (χ4n) is 2.39. The van der Waals surface area contributed by atoms with Crippen LogP contribution < -0.4 is 5.32 Å². The second kappa shape index (κ2) is 6.14. The molecule has 1 aromatic carbocycles. The van der Waals surface area contributed by atoms with Crippen LogP contribution in [0.15, 0.2) is 59.4 Å². The molecule has 1 aliphatic heterocycles. The van der Waals surface area contributed by atoms with E-state index < -0.39 is 17.7 Å². The Kier molecular flexibility index (Phi) is 4.02. The second-order valence-corrected chi connectivity index (χ2v) is 5.31. The maximum Gasteiger partial charge on any atom is 0.341 e. The SMILES string of the molecule is N#CC1=CC(C(=O)O)(n2nccn2)C(Nc2ccccc2)N=C1Cl. The zero-order valence-corrected chi connectivity index (χ0v) is 12.9. The largest absolute Gasteiger partial charge is 0.479 e. The third kappa shape index (κ3) is 2.51. The highest BCUT2D eigenvalue weighted by molar-refractivity contribution is 6.70. The van der Waals surface area contributed by atoms with Crippen LogP contribution in [0.3, 0.4) is 0 Å². The Bertz CT molecular complexity index is 856. The first-order valence-electron chi connectivity index (χ1n) is 6.86. The maximum absolute atomic E-state index is 12.1. The van der Waals surface area contributed by atoms with Crippen molar-refractivity contribution in [1.29, 1.82) is 5.26 Å². The molecule has 2 N–H and O–H groups in total. The number of anilines is 1. The van der Waals surface area contributed by atoms with Gasteiger partial charge in [-0.15, -0.1) is 0 Å². The zero-order valence-electron chi connectivity index (χ0n) is 12.2. The summed E-state index contributed by atoms with van der Waals surface area (Å²) >= 11 is 6.01. The van der Waals surface area contributed by atoms with E-state index in [1.165, 1.54) is 18.5 Å². The van der Waals surface area contributed by atoms with Crippen molar-refractivity contribution in [2.45, 2.75) is 11.7 Å². The summed E-state index contributed by atoms with van der Waals surface area (Å²) in [5, 5.41) is 29.9. The van der Waals surface area contributed by atoms with Gasteiger partial charge < -0.3 is 10.4 Å². The topological polar surface area (TPSA) is 116 Å². The number of allylic oxidation sites excluding steroid dienone is 1. The first kappa shape index (κ1) is 15.7. The highest BCUT2D eigenvalue weighted by Crippen LogP contribution is 2.32. The molecular weight excluding hydrogens is 332 g/mol. The molecule has 0 fully saturated rings. The first-order valence-corrected chi connectivity index (χ1v) is 7.24. The summed E-state index contributed by atoms with van der Waals surface area (Å²) in [6, 6.07) is 10.8. The molecule has 0 amide bonds. The van der Waals surface area contributed by atoms with Gasteiger partial charge in [0.2, 0.25) is 5.54 Å². The van der Waals surface area contributed by atoms with Gasteiger partial charge in [-0.1, -0.05) is 29.8 Å². The molecule has 3 rings (SSSR count). The number of nitriles is 1. The monoisotopic (exact) mass is 342 g/mol. The van der Waals surface area contributed by atoms with Crippen LogP contribution in [0.1, 0.15) is 0 Å². The molecular formula is C15H11ClN6O2. The molecule has 0 spiro atoms. The Morgan fingerprint density at radius 3 is 2.58 bits per heavy atom. The average Bonchev–Trinajstić information content (AvgIpc) is 3.11. The molecule has 24 heavy (non-hydrogen) atoms. The van der Waals surface area contributed by atoms with Crippen molar-refractivity contribution in [3.8, 4) is 6.07 Å². The van der Waals surface area contributed by atoms with Crippen LogP contribution in [-0.4, -0.2) is 37.4 Å². The van der Waals surface area contributed by atoms with Crippen LogP contribution in [0, 0.1) is 11.3 Å². The van der Waals surface area contributed by atoms with Crippen molar-refractivity contribution in [2.75, 3.05) is 5.32 Å². The number of benzene rings is 1. The number of rotatable bonds is 4. The number of carbonyl (C=O) groups is 1. The zero-order chi connectivity index (χ0) is 17.2. The van der Waals surface area contributed by atoms with E-state index in [-0.39, 0.29) is 10.7 Å². The van der Waals surface area contributed by atoms with Gasteiger partial charge in [0.1, 0.15) is 11.2 Å². The number of nitrogens with one attached hydrogen (secondary N) is 1. The first-order chi connectivity index (χ1) is 11.6. The molecule has 0 aliphatic carbocycles. The number of para-hydroxylation sites is 1. The Labute approximate surface area is 141 Å². The van der Waals surface area contributed by atoms with Gasteiger partial charge in [0.05, 0.1) is 18.0 Å². The number of hydrogen-bond donors (Lipinski definition) is 2. The summed E-state index contributed by atoms with van der Waals surface area (Å²) in [5.74, 6) is -1.27. The van der Waals surface area contributed by atoms with E-state index in [9.17, 15) is 15.2 Å². The van der Waals surface area contributed by atoms with Crippen LogP contribution >= 0.6 is 11.6 Å². The summed E-state index contributed by atoms with van der Waals surface area (Å²) in [4.78, 5) is 17.3. The van der Waals surface area contributed by atoms with Crippen LogP contribution in [-0.2, 0) is 10.3 Å². The number of aliphatic imine (C=N–C) groups is 1. The molecule has 1 aromatic heterocycles. The lowest BCUT2D eigenvalue weighted by Gasteiger charge is -2.34. The fourth-order valence-corrected chi connectivity index (χ4v) is 2.59. The van der Waals surface area contributed by atoms with Gasteiger partial charge in [0.15, 0.2) is 6.17 Å². The molecule has 2 atom stereocenters. The quantitative estimate of drug-likeness (QED) is 0.871. The highest BCUT2D eigenvalue weighted by Gasteiger charge is 2.51. The molecule has 1 aliphatic rings. The second-order valence-electron chi connectivity index (χ2n) is 4.95. The van der Waals surface area contributed by atoms with Gasteiger partial charge in [-0.05, 0) is 18.2 Å². The normalized spacial score (nSPS) is 22.9. The lowest BCUT2D eigenvalue weighted by atomic mass is 9.91. The van der Waals surface area contributed by atoms with Crippen LogP contribution in [0.2, 0.25) is 0 Å². The van der Waals surface area contributed by atoms with Gasteiger partial charge in [0, 0.05) is 5.69 Å². The lowest BCUT2D eigenvalue weighted by Crippen LogP contribution is -2.55. The number of carboxylic acid groups (broad SMARTS) is 1. The Morgan fingerprint density at radius 1 is 1.33 bits per heavy atom. The molecule has 0 saturated carbocycles. The van der Waals surface area contributed by atoms with Crippen molar-refractivity contribution in [3.05, 3.63) is 54.4 Å². The van der Waals surface area contributed by atoms with Gasteiger partial charge in [-0.3, -0.25) is 0 Å². The van der Waals surface area contributed by atoms with E-state index >= 15 is 0 Å². The number of carboxylic acids is 1. The van der Waals surface area contributed by atoms with E-state index in [1.54, 1.807) is 24.3 Å². The third-order valence-electron chi connectivity index (χ3n) is 3.54. The van der Waals surface area contributed by atoms with Crippen molar-refractivity contribution < 1.29 is 9.90 Å².